The van der Waals surface area contributed by atoms with Crippen molar-refractivity contribution in [3.63, 3.8) is 0 Å². The monoisotopic (exact) mass is 427 g/mol. The molecule has 1 aromatic heterocycles. The number of hydrogen-bond acceptors (Lipinski definition) is 4. The van der Waals surface area contributed by atoms with E-state index in [9.17, 15) is 22.8 Å². The van der Waals surface area contributed by atoms with Crippen molar-refractivity contribution in [3.8, 4) is 6.07 Å². The zero-order valence-corrected chi connectivity index (χ0v) is 16.2. The van der Waals surface area contributed by atoms with E-state index < -0.39 is 35.1 Å². The Hall–Kier alpha value is -3.84. The van der Waals surface area contributed by atoms with Crippen LogP contribution in [0.3, 0.4) is 0 Å². The Labute approximate surface area is 174 Å². The molecule has 31 heavy (non-hydrogen) atoms. The van der Waals surface area contributed by atoms with Crippen LogP contribution < -0.4 is 16.2 Å². The second-order valence-corrected chi connectivity index (χ2v) is 7.15. The number of benzene rings is 2. The number of carbonyl (C=O) groups excluding carboxylic acids is 1. The Morgan fingerprint density at radius 2 is 1.87 bits per heavy atom. The molecule has 2 aromatic carbocycles. The molecule has 2 amide bonds. The van der Waals surface area contributed by atoms with E-state index in [1.54, 1.807) is 6.07 Å². The van der Waals surface area contributed by atoms with Crippen LogP contribution in [0.5, 0.6) is 0 Å². The maximum Gasteiger partial charge on any atom is 0.322 e. The Kier molecular flexibility index (Phi) is 5.12. The summed E-state index contributed by atoms with van der Waals surface area (Å²) in [6.07, 6.45) is 0. The van der Waals surface area contributed by atoms with Gasteiger partial charge >= 0.3 is 6.03 Å². The molecule has 0 spiro atoms. The van der Waals surface area contributed by atoms with Crippen LogP contribution in [0.2, 0.25) is 0 Å². The summed E-state index contributed by atoms with van der Waals surface area (Å²) in [5, 5.41) is 14.8. The lowest BCUT2D eigenvalue weighted by atomic mass is 9.94. The molecule has 10 heteroatoms. The summed E-state index contributed by atoms with van der Waals surface area (Å²) in [7, 11) is 1.50. The molecule has 1 aliphatic rings. The molecule has 0 aliphatic carbocycles. The van der Waals surface area contributed by atoms with E-state index in [1.807, 2.05) is 0 Å². The second-order valence-electron chi connectivity index (χ2n) is 7.15. The van der Waals surface area contributed by atoms with E-state index >= 15 is 0 Å². The van der Waals surface area contributed by atoms with Crippen molar-refractivity contribution in [2.75, 3.05) is 18.9 Å². The molecule has 7 nitrogen and oxygen atoms in total. The molecular weight excluding hydrogens is 411 g/mol. The van der Waals surface area contributed by atoms with Gasteiger partial charge in [0.1, 0.15) is 11.9 Å². The van der Waals surface area contributed by atoms with Gasteiger partial charge in [-0.05, 0) is 35.7 Å². The molecular formula is C21H16F3N5O2. The van der Waals surface area contributed by atoms with Gasteiger partial charge < -0.3 is 20.5 Å². The summed E-state index contributed by atoms with van der Waals surface area (Å²) >= 11 is 0. The molecule has 0 radical (unpaired) electrons. The van der Waals surface area contributed by atoms with Crippen molar-refractivity contribution in [1.82, 2.24) is 15.2 Å². The van der Waals surface area contributed by atoms with Crippen molar-refractivity contribution in [2.24, 2.45) is 0 Å². The number of nitrogens with one attached hydrogen (secondary N) is 3. The van der Waals surface area contributed by atoms with Crippen LogP contribution in [0.25, 0.3) is 10.8 Å². The number of halogens is 3. The Balaban J connectivity index is 1.73. The average Bonchev–Trinajstić information content (AvgIpc) is 2.75. The molecule has 0 saturated heterocycles. The SMILES string of the molecule is CN(C(=O)Nc1ccc(F)c(C#N)c1)[C@@H]1CNCc2[nH]c(=O)c3cc(F)c(F)cc3c21. The maximum atomic E-state index is 14.0. The van der Waals surface area contributed by atoms with E-state index in [0.717, 1.165) is 18.2 Å². The van der Waals surface area contributed by atoms with Gasteiger partial charge in [-0.2, -0.15) is 5.26 Å². The minimum absolute atomic E-state index is 0.0180. The molecule has 0 fully saturated rings. The highest BCUT2D eigenvalue weighted by Crippen LogP contribution is 2.32. The molecule has 0 unspecified atom stereocenters. The van der Waals surface area contributed by atoms with Gasteiger partial charge in [0.25, 0.3) is 5.56 Å². The third-order valence-corrected chi connectivity index (χ3v) is 5.28. The molecule has 3 N–H and O–H groups in total. The van der Waals surface area contributed by atoms with Gasteiger partial charge in [-0.1, -0.05) is 0 Å². The molecule has 1 atom stereocenters. The summed E-state index contributed by atoms with van der Waals surface area (Å²) in [6.45, 7) is 0.582. The van der Waals surface area contributed by atoms with Crippen LogP contribution in [-0.2, 0) is 6.54 Å². The fourth-order valence-corrected chi connectivity index (χ4v) is 3.72. The van der Waals surface area contributed by atoms with E-state index in [2.05, 4.69) is 15.6 Å². The molecule has 0 bridgehead atoms. The number of pyridine rings is 1. The lowest BCUT2D eigenvalue weighted by Crippen LogP contribution is -2.43. The molecule has 158 valence electrons. The van der Waals surface area contributed by atoms with Crippen molar-refractivity contribution in [2.45, 2.75) is 12.6 Å². The summed E-state index contributed by atoms with van der Waals surface area (Å²) in [5.74, 6) is -2.94. The fourth-order valence-electron chi connectivity index (χ4n) is 3.72. The van der Waals surface area contributed by atoms with Gasteiger partial charge in [-0.3, -0.25) is 4.79 Å². The Morgan fingerprint density at radius 1 is 1.16 bits per heavy atom. The first kappa shape index (κ1) is 20.4. The number of anilines is 1. The third kappa shape index (κ3) is 3.60. The number of urea groups is 1. The summed E-state index contributed by atoms with van der Waals surface area (Å²) in [5.41, 5.74) is 0.414. The molecule has 0 saturated carbocycles. The van der Waals surface area contributed by atoms with Crippen molar-refractivity contribution < 1.29 is 18.0 Å². The molecule has 1 aliphatic heterocycles. The first-order valence-electron chi connectivity index (χ1n) is 9.28. The number of aromatic amines is 1. The van der Waals surface area contributed by atoms with Gasteiger partial charge in [0, 0.05) is 37.1 Å². The zero-order chi connectivity index (χ0) is 22.3. The van der Waals surface area contributed by atoms with Gasteiger partial charge in [-0.25, -0.2) is 18.0 Å². The highest BCUT2D eigenvalue weighted by molar-refractivity contribution is 5.91. The Bertz CT molecular complexity index is 1320. The van der Waals surface area contributed by atoms with Crippen LogP contribution in [0.15, 0.2) is 35.1 Å². The Morgan fingerprint density at radius 3 is 2.58 bits per heavy atom. The predicted octanol–water partition coefficient (Wildman–Crippen LogP) is 3.13. The maximum absolute atomic E-state index is 14.0. The van der Waals surface area contributed by atoms with Gasteiger partial charge in [-0.15, -0.1) is 0 Å². The highest BCUT2D eigenvalue weighted by atomic mass is 19.2. The first-order valence-corrected chi connectivity index (χ1v) is 9.28. The number of amides is 2. The number of hydrogen-bond donors (Lipinski definition) is 3. The van der Waals surface area contributed by atoms with Crippen LogP contribution in [0.1, 0.15) is 22.9 Å². The van der Waals surface area contributed by atoms with Crippen molar-refractivity contribution in [1.29, 1.82) is 5.26 Å². The first-order chi connectivity index (χ1) is 14.8. The lowest BCUT2D eigenvalue weighted by molar-refractivity contribution is 0.200. The normalized spacial score (nSPS) is 15.3. The van der Waals surface area contributed by atoms with Gasteiger partial charge in [0.2, 0.25) is 0 Å². The number of H-pyrrole nitrogens is 1. The molecule has 2 heterocycles. The number of rotatable bonds is 2. The summed E-state index contributed by atoms with van der Waals surface area (Å²) in [4.78, 5) is 29.2. The highest BCUT2D eigenvalue weighted by Gasteiger charge is 2.30. The van der Waals surface area contributed by atoms with E-state index in [-0.39, 0.29) is 28.6 Å². The van der Waals surface area contributed by atoms with Crippen LogP contribution >= 0.6 is 0 Å². The second kappa shape index (κ2) is 7.77. The number of aromatic nitrogens is 1. The van der Waals surface area contributed by atoms with Crippen LogP contribution in [-0.4, -0.2) is 29.5 Å². The topological polar surface area (TPSA) is 101 Å². The largest absolute Gasteiger partial charge is 0.324 e. The molecule has 4 rings (SSSR count). The lowest BCUT2D eigenvalue weighted by Gasteiger charge is -2.34. The number of nitriles is 1. The van der Waals surface area contributed by atoms with Gasteiger partial charge in [0.15, 0.2) is 11.6 Å². The third-order valence-electron chi connectivity index (χ3n) is 5.28. The standard InChI is InChI=1S/C21H16F3N5O2/c1-29(21(31)27-11-2-3-14(22)10(4-11)7-25)18-9-26-8-17-19(18)12-5-15(23)16(24)6-13(12)20(30)28-17/h2-6,18,26H,8-9H2,1H3,(H,27,31)(H,28,30)/t18-/m1/s1. The van der Waals surface area contributed by atoms with Crippen molar-refractivity contribution in [3.05, 3.63) is 75.0 Å². The fraction of sp³-hybridized carbons (Fsp3) is 0.190. The summed E-state index contributed by atoms with van der Waals surface area (Å²) < 4.78 is 41.2. The van der Waals surface area contributed by atoms with Crippen LogP contribution in [0.4, 0.5) is 23.7 Å². The average molecular weight is 427 g/mol. The number of nitrogens with zero attached hydrogens (tertiary/aromatic N) is 2. The van der Waals surface area contributed by atoms with Crippen LogP contribution in [0, 0.1) is 28.8 Å². The summed E-state index contributed by atoms with van der Waals surface area (Å²) in [6, 6.07) is 5.90. The smallest absolute Gasteiger partial charge is 0.322 e. The number of fused-ring (bicyclic) bond motifs is 3. The van der Waals surface area contributed by atoms with E-state index in [1.165, 1.54) is 24.1 Å². The minimum Gasteiger partial charge on any atom is -0.324 e. The quantitative estimate of drug-likeness (QED) is 0.585. The molecule has 3 aromatic rings. The minimum atomic E-state index is -1.14. The van der Waals surface area contributed by atoms with Gasteiger partial charge in [0.05, 0.1) is 17.0 Å². The zero-order valence-electron chi connectivity index (χ0n) is 16.2. The number of likely N-dealkylation sites (N-methyl/N-ethyl adjacent to an activating group) is 1. The van der Waals surface area contributed by atoms with E-state index in [0.29, 0.717) is 17.8 Å². The van der Waals surface area contributed by atoms with E-state index in [4.69, 9.17) is 5.26 Å². The number of carbonyl (C=O) groups is 1. The van der Waals surface area contributed by atoms with Crippen molar-refractivity contribution >= 4 is 22.5 Å². The predicted molar refractivity (Wildman–Crippen MR) is 107 cm³/mol.